The molecule has 0 amide bonds. The van der Waals surface area contributed by atoms with E-state index in [2.05, 4.69) is 41.8 Å². The summed E-state index contributed by atoms with van der Waals surface area (Å²) in [5.41, 5.74) is 3.51. The van der Waals surface area contributed by atoms with Crippen LogP contribution in [0.1, 0.15) is 23.6 Å². The van der Waals surface area contributed by atoms with Crippen LogP contribution in [-0.4, -0.2) is 38.0 Å². The maximum absolute atomic E-state index is 9.19. The minimum absolute atomic E-state index is 0.313. The van der Waals surface area contributed by atoms with E-state index in [1.807, 2.05) is 18.2 Å². The summed E-state index contributed by atoms with van der Waals surface area (Å²) >= 11 is 0. The third-order valence-corrected chi connectivity index (χ3v) is 3.99. The SMILES string of the molecule is COc1cc(CNCCNC[C@H](C)O)ccc1OCc1ccc(C)cc1. The topological polar surface area (TPSA) is 62.8 Å². The number of aliphatic hydroxyl groups excluding tert-OH is 1. The lowest BCUT2D eigenvalue weighted by Crippen LogP contribution is -2.31. The molecule has 142 valence electrons. The number of benzene rings is 2. The van der Waals surface area contributed by atoms with E-state index in [4.69, 9.17) is 9.47 Å². The molecule has 2 aromatic carbocycles. The number of hydrogen-bond acceptors (Lipinski definition) is 5. The standard InChI is InChI=1S/C21H30N2O3/c1-16-4-6-18(7-5-16)15-26-20-9-8-19(12-21(20)25-3)14-23-11-10-22-13-17(2)24/h4-9,12,17,22-24H,10-11,13-15H2,1-3H3/t17-/m0/s1. The van der Waals surface area contributed by atoms with Crippen molar-refractivity contribution in [2.24, 2.45) is 0 Å². The molecule has 0 saturated heterocycles. The van der Waals surface area contributed by atoms with Gasteiger partial charge in [-0.2, -0.15) is 0 Å². The molecule has 1 atom stereocenters. The Hall–Kier alpha value is -2.08. The number of aliphatic hydroxyl groups is 1. The van der Waals surface area contributed by atoms with Gasteiger partial charge in [0.1, 0.15) is 6.61 Å². The van der Waals surface area contributed by atoms with E-state index in [0.717, 1.165) is 42.3 Å². The fraction of sp³-hybridized carbons (Fsp3) is 0.429. The Bertz CT molecular complexity index is 657. The molecule has 0 unspecified atom stereocenters. The van der Waals surface area contributed by atoms with Gasteiger partial charge in [-0.15, -0.1) is 0 Å². The molecular weight excluding hydrogens is 328 g/mol. The average molecular weight is 358 g/mol. The number of aryl methyl sites for hydroxylation is 1. The van der Waals surface area contributed by atoms with E-state index in [0.29, 0.717) is 13.2 Å². The maximum atomic E-state index is 9.19. The van der Waals surface area contributed by atoms with Crippen molar-refractivity contribution < 1.29 is 14.6 Å². The van der Waals surface area contributed by atoms with E-state index in [-0.39, 0.29) is 6.10 Å². The summed E-state index contributed by atoms with van der Waals surface area (Å²) in [4.78, 5) is 0. The van der Waals surface area contributed by atoms with Gasteiger partial charge in [-0.1, -0.05) is 35.9 Å². The Labute approximate surface area is 156 Å². The molecule has 5 nitrogen and oxygen atoms in total. The van der Waals surface area contributed by atoms with Gasteiger partial charge in [-0.3, -0.25) is 0 Å². The third kappa shape index (κ3) is 7.04. The van der Waals surface area contributed by atoms with E-state index in [9.17, 15) is 5.11 Å². The van der Waals surface area contributed by atoms with Gasteiger partial charge in [0.25, 0.3) is 0 Å². The van der Waals surface area contributed by atoms with Crippen molar-refractivity contribution in [1.82, 2.24) is 10.6 Å². The molecular formula is C21H30N2O3. The van der Waals surface area contributed by atoms with Gasteiger partial charge in [0.05, 0.1) is 13.2 Å². The first-order chi connectivity index (χ1) is 12.6. The maximum Gasteiger partial charge on any atom is 0.161 e. The van der Waals surface area contributed by atoms with Crippen LogP contribution in [0.25, 0.3) is 0 Å². The van der Waals surface area contributed by atoms with Crippen molar-refractivity contribution in [1.29, 1.82) is 0 Å². The molecule has 0 spiro atoms. The van der Waals surface area contributed by atoms with Crippen molar-refractivity contribution in [3.05, 3.63) is 59.2 Å². The highest BCUT2D eigenvalue weighted by Crippen LogP contribution is 2.28. The summed E-state index contributed by atoms with van der Waals surface area (Å²) < 4.78 is 11.4. The van der Waals surface area contributed by atoms with Gasteiger partial charge in [0, 0.05) is 26.2 Å². The van der Waals surface area contributed by atoms with Gasteiger partial charge >= 0.3 is 0 Å². The van der Waals surface area contributed by atoms with Gasteiger partial charge < -0.3 is 25.2 Å². The van der Waals surface area contributed by atoms with Crippen molar-refractivity contribution >= 4 is 0 Å². The molecule has 0 saturated carbocycles. The highest BCUT2D eigenvalue weighted by atomic mass is 16.5. The molecule has 0 fully saturated rings. The van der Waals surface area contributed by atoms with Crippen LogP contribution in [0.2, 0.25) is 0 Å². The van der Waals surface area contributed by atoms with Crippen molar-refractivity contribution in [3.8, 4) is 11.5 Å². The van der Waals surface area contributed by atoms with E-state index >= 15 is 0 Å². The van der Waals surface area contributed by atoms with Crippen LogP contribution in [0.4, 0.5) is 0 Å². The van der Waals surface area contributed by atoms with Crippen LogP contribution in [0.3, 0.4) is 0 Å². The molecule has 3 N–H and O–H groups in total. The third-order valence-electron chi connectivity index (χ3n) is 3.99. The van der Waals surface area contributed by atoms with Crippen molar-refractivity contribution in [2.75, 3.05) is 26.7 Å². The van der Waals surface area contributed by atoms with Crippen LogP contribution in [0.15, 0.2) is 42.5 Å². The van der Waals surface area contributed by atoms with Crippen LogP contribution >= 0.6 is 0 Å². The Morgan fingerprint density at radius 1 is 0.962 bits per heavy atom. The molecule has 0 aliphatic heterocycles. The molecule has 0 bridgehead atoms. The number of ether oxygens (including phenoxy) is 2. The number of methoxy groups -OCH3 is 1. The predicted octanol–water partition coefficient (Wildman–Crippen LogP) is 2.64. The van der Waals surface area contributed by atoms with E-state index in [1.165, 1.54) is 5.56 Å². The molecule has 26 heavy (non-hydrogen) atoms. The second-order valence-electron chi connectivity index (χ2n) is 6.49. The quantitative estimate of drug-likeness (QED) is 0.539. The van der Waals surface area contributed by atoms with Crippen LogP contribution in [0, 0.1) is 6.92 Å². The lowest BCUT2D eigenvalue weighted by molar-refractivity contribution is 0.191. The van der Waals surface area contributed by atoms with E-state index < -0.39 is 0 Å². The first kappa shape index (κ1) is 20.2. The highest BCUT2D eigenvalue weighted by molar-refractivity contribution is 5.43. The van der Waals surface area contributed by atoms with Crippen LogP contribution < -0.4 is 20.1 Å². The van der Waals surface area contributed by atoms with Gasteiger partial charge in [-0.05, 0) is 37.1 Å². The van der Waals surface area contributed by atoms with Gasteiger partial charge in [0.2, 0.25) is 0 Å². The monoisotopic (exact) mass is 358 g/mol. The highest BCUT2D eigenvalue weighted by Gasteiger charge is 2.06. The molecule has 0 aliphatic carbocycles. The molecule has 2 aromatic rings. The van der Waals surface area contributed by atoms with Crippen molar-refractivity contribution in [2.45, 2.75) is 33.1 Å². The zero-order chi connectivity index (χ0) is 18.8. The fourth-order valence-corrected chi connectivity index (χ4v) is 2.51. The summed E-state index contributed by atoms with van der Waals surface area (Å²) in [6.07, 6.45) is -0.313. The zero-order valence-electron chi connectivity index (χ0n) is 15.9. The molecule has 5 heteroatoms. The number of nitrogens with one attached hydrogen (secondary N) is 2. The summed E-state index contributed by atoms with van der Waals surface area (Å²) in [6, 6.07) is 14.3. The lowest BCUT2D eigenvalue weighted by Gasteiger charge is -2.13. The van der Waals surface area contributed by atoms with Crippen molar-refractivity contribution in [3.63, 3.8) is 0 Å². The van der Waals surface area contributed by atoms with Gasteiger partial charge in [-0.25, -0.2) is 0 Å². The molecule has 2 rings (SSSR count). The minimum Gasteiger partial charge on any atom is -0.493 e. The zero-order valence-corrected chi connectivity index (χ0v) is 15.9. The largest absolute Gasteiger partial charge is 0.493 e. The predicted molar refractivity (Wildman–Crippen MR) is 105 cm³/mol. The Kier molecular flexibility index (Phi) is 8.41. The normalized spacial score (nSPS) is 12.0. The molecule has 0 radical (unpaired) electrons. The summed E-state index contributed by atoms with van der Waals surface area (Å²) in [5.74, 6) is 1.49. The molecule has 0 heterocycles. The summed E-state index contributed by atoms with van der Waals surface area (Å²) in [5, 5.41) is 15.7. The smallest absolute Gasteiger partial charge is 0.161 e. The second-order valence-corrected chi connectivity index (χ2v) is 6.49. The molecule has 0 aromatic heterocycles. The Balaban J connectivity index is 1.81. The average Bonchev–Trinajstić information content (AvgIpc) is 2.64. The number of hydrogen-bond donors (Lipinski definition) is 3. The first-order valence-electron chi connectivity index (χ1n) is 9.03. The molecule has 0 aliphatic rings. The van der Waals surface area contributed by atoms with Crippen LogP contribution in [-0.2, 0) is 13.2 Å². The summed E-state index contributed by atoms with van der Waals surface area (Å²) in [6.45, 7) is 7.38. The lowest BCUT2D eigenvalue weighted by atomic mass is 10.1. The minimum atomic E-state index is -0.313. The van der Waals surface area contributed by atoms with E-state index in [1.54, 1.807) is 14.0 Å². The Morgan fingerprint density at radius 2 is 1.65 bits per heavy atom. The Morgan fingerprint density at radius 3 is 2.35 bits per heavy atom. The number of rotatable bonds is 11. The fourth-order valence-electron chi connectivity index (χ4n) is 2.51. The van der Waals surface area contributed by atoms with Crippen LogP contribution in [0.5, 0.6) is 11.5 Å². The summed E-state index contributed by atoms with van der Waals surface area (Å²) in [7, 11) is 1.66. The first-order valence-corrected chi connectivity index (χ1v) is 9.03. The second kappa shape index (κ2) is 10.8. The van der Waals surface area contributed by atoms with Gasteiger partial charge in [0.15, 0.2) is 11.5 Å².